The van der Waals surface area contributed by atoms with Gasteiger partial charge < -0.3 is 9.30 Å². The maximum absolute atomic E-state index is 12.6. The molecule has 1 aliphatic rings. The highest BCUT2D eigenvalue weighted by molar-refractivity contribution is 5.27. The summed E-state index contributed by atoms with van der Waals surface area (Å²) in [5, 5.41) is 0. The smallest absolute Gasteiger partial charge is 0.251 e. The van der Waals surface area contributed by atoms with E-state index >= 15 is 0 Å². The van der Waals surface area contributed by atoms with E-state index in [0.717, 1.165) is 17.7 Å². The number of pyridine rings is 1. The van der Waals surface area contributed by atoms with E-state index in [4.69, 9.17) is 4.74 Å². The molecule has 2 aromatic carbocycles. The van der Waals surface area contributed by atoms with Crippen LogP contribution >= 0.6 is 0 Å². The first-order valence-electron chi connectivity index (χ1n) is 9.21. The minimum absolute atomic E-state index is 0.0164. The van der Waals surface area contributed by atoms with Gasteiger partial charge in [0.2, 0.25) is 0 Å². The number of aromatic nitrogens is 1. The van der Waals surface area contributed by atoms with E-state index in [1.54, 1.807) is 16.7 Å². The van der Waals surface area contributed by atoms with E-state index in [0.29, 0.717) is 5.92 Å². The van der Waals surface area contributed by atoms with Gasteiger partial charge in [-0.2, -0.15) is 0 Å². The molecule has 0 radical (unpaired) electrons. The number of rotatable bonds is 7. The number of benzene rings is 2. The molecule has 3 nitrogen and oxygen atoms in total. The lowest BCUT2D eigenvalue weighted by Gasteiger charge is -2.30. The third-order valence-electron chi connectivity index (χ3n) is 4.92. The molecule has 0 amide bonds. The molecule has 3 heteroatoms. The van der Waals surface area contributed by atoms with Crippen molar-refractivity contribution in [3.63, 3.8) is 0 Å². The minimum atomic E-state index is -0.209. The molecular formula is C23H23NO2. The van der Waals surface area contributed by atoms with Crippen LogP contribution in [0.1, 0.15) is 36.1 Å². The van der Waals surface area contributed by atoms with E-state index in [1.807, 2.05) is 48.7 Å². The summed E-state index contributed by atoms with van der Waals surface area (Å²) in [7, 11) is 0. The first-order valence-corrected chi connectivity index (χ1v) is 9.21. The quantitative estimate of drug-likeness (QED) is 0.626. The van der Waals surface area contributed by atoms with E-state index in [2.05, 4.69) is 24.3 Å². The Hall–Kier alpha value is -2.65. The zero-order valence-electron chi connectivity index (χ0n) is 14.7. The molecule has 0 bridgehead atoms. The molecule has 1 fully saturated rings. The van der Waals surface area contributed by atoms with Gasteiger partial charge in [0, 0.05) is 12.3 Å². The average molecular weight is 345 g/mol. The van der Waals surface area contributed by atoms with Crippen LogP contribution in [0.15, 0.2) is 89.9 Å². The molecule has 0 saturated heterocycles. The van der Waals surface area contributed by atoms with Crippen molar-refractivity contribution in [3.8, 4) is 0 Å². The molecule has 2 atom stereocenters. The first kappa shape index (κ1) is 16.8. The Bertz CT molecular complexity index is 885. The van der Waals surface area contributed by atoms with Crippen LogP contribution in [-0.2, 0) is 4.74 Å². The van der Waals surface area contributed by atoms with E-state index < -0.39 is 0 Å². The standard InChI is InChI=1S/C23H23NO2/c25-21-13-7-8-16-24(21)22(19-9-3-1-4-10-19)23(26-17-18-14-15-18)20-11-5-2-6-12-20/h1-13,16,18,22-23H,14-15,17H2/t22-,23-/m1/s1. The van der Waals surface area contributed by atoms with Gasteiger partial charge in [-0.15, -0.1) is 0 Å². The fourth-order valence-corrected chi connectivity index (χ4v) is 3.34. The molecule has 132 valence electrons. The van der Waals surface area contributed by atoms with Crippen LogP contribution in [0.5, 0.6) is 0 Å². The van der Waals surface area contributed by atoms with Gasteiger partial charge in [-0.1, -0.05) is 66.7 Å². The maximum atomic E-state index is 12.6. The highest BCUT2D eigenvalue weighted by Crippen LogP contribution is 2.37. The second-order valence-electron chi connectivity index (χ2n) is 6.91. The van der Waals surface area contributed by atoms with Gasteiger partial charge in [0.1, 0.15) is 6.10 Å². The normalized spacial score (nSPS) is 16.2. The van der Waals surface area contributed by atoms with Crippen molar-refractivity contribution < 1.29 is 4.74 Å². The molecule has 26 heavy (non-hydrogen) atoms. The monoisotopic (exact) mass is 345 g/mol. The zero-order chi connectivity index (χ0) is 17.8. The zero-order valence-corrected chi connectivity index (χ0v) is 14.7. The van der Waals surface area contributed by atoms with Crippen LogP contribution in [0.2, 0.25) is 0 Å². The Kier molecular flexibility index (Phi) is 4.98. The third kappa shape index (κ3) is 3.78. The van der Waals surface area contributed by atoms with Crippen molar-refractivity contribution in [2.24, 2.45) is 5.92 Å². The van der Waals surface area contributed by atoms with Crippen molar-refractivity contribution in [2.75, 3.05) is 6.61 Å². The van der Waals surface area contributed by atoms with Gasteiger partial charge in [-0.25, -0.2) is 0 Å². The molecule has 1 heterocycles. The number of ether oxygens (including phenoxy) is 1. The minimum Gasteiger partial charge on any atom is -0.371 e. The van der Waals surface area contributed by atoms with Crippen molar-refractivity contribution in [2.45, 2.75) is 25.0 Å². The lowest BCUT2D eigenvalue weighted by Crippen LogP contribution is -2.30. The fourth-order valence-electron chi connectivity index (χ4n) is 3.34. The van der Waals surface area contributed by atoms with E-state index in [-0.39, 0.29) is 17.7 Å². The Labute approximate surface area is 153 Å². The molecule has 1 aromatic heterocycles. The fraction of sp³-hybridized carbons (Fsp3) is 0.261. The summed E-state index contributed by atoms with van der Waals surface area (Å²) in [5.41, 5.74) is 2.15. The van der Waals surface area contributed by atoms with Crippen molar-refractivity contribution >= 4 is 0 Å². The average Bonchev–Trinajstić information content (AvgIpc) is 3.52. The second-order valence-corrected chi connectivity index (χ2v) is 6.91. The molecule has 0 spiro atoms. The van der Waals surface area contributed by atoms with Gasteiger partial charge in [0.05, 0.1) is 12.6 Å². The van der Waals surface area contributed by atoms with Crippen LogP contribution in [0, 0.1) is 5.92 Å². The summed E-state index contributed by atoms with van der Waals surface area (Å²) in [6.45, 7) is 0.741. The van der Waals surface area contributed by atoms with Gasteiger partial charge >= 0.3 is 0 Å². The number of hydrogen-bond donors (Lipinski definition) is 0. The summed E-state index contributed by atoms with van der Waals surface area (Å²) in [4.78, 5) is 12.6. The lowest BCUT2D eigenvalue weighted by molar-refractivity contribution is 0.0183. The molecule has 0 N–H and O–H groups in total. The largest absolute Gasteiger partial charge is 0.371 e. The SMILES string of the molecule is O=c1ccccn1[C@H](c1ccccc1)[C@H](OCC1CC1)c1ccccc1. The maximum Gasteiger partial charge on any atom is 0.251 e. The van der Waals surface area contributed by atoms with Crippen LogP contribution in [0.4, 0.5) is 0 Å². The van der Waals surface area contributed by atoms with Crippen LogP contribution in [-0.4, -0.2) is 11.2 Å². The predicted octanol–water partition coefficient (Wildman–Crippen LogP) is 4.61. The topological polar surface area (TPSA) is 31.2 Å². The van der Waals surface area contributed by atoms with Crippen LogP contribution in [0.3, 0.4) is 0 Å². The molecule has 0 unspecified atom stereocenters. The molecule has 3 aromatic rings. The van der Waals surface area contributed by atoms with Crippen molar-refractivity contribution in [1.29, 1.82) is 0 Å². The Morgan fingerprint density at radius 2 is 1.46 bits per heavy atom. The van der Waals surface area contributed by atoms with Crippen LogP contribution in [0.25, 0.3) is 0 Å². The summed E-state index contributed by atoms with van der Waals surface area (Å²) < 4.78 is 8.21. The van der Waals surface area contributed by atoms with Crippen molar-refractivity contribution in [3.05, 3.63) is 107 Å². The summed E-state index contributed by atoms with van der Waals surface area (Å²) >= 11 is 0. The number of hydrogen-bond acceptors (Lipinski definition) is 2. The Morgan fingerprint density at radius 3 is 2.08 bits per heavy atom. The van der Waals surface area contributed by atoms with E-state index in [9.17, 15) is 4.79 Å². The molecule has 0 aliphatic heterocycles. The Balaban J connectivity index is 1.80. The molecular weight excluding hydrogens is 322 g/mol. The van der Waals surface area contributed by atoms with Gasteiger partial charge in [0.25, 0.3) is 5.56 Å². The molecule has 1 aliphatic carbocycles. The van der Waals surface area contributed by atoms with Gasteiger partial charge in [-0.3, -0.25) is 4.79 Å². The van der Waals surface area contributed by atoms with E-state index in [1.165, 1.54) is 12.8 Å². The summed E-state index contributed by atoms with van der Waals surface area (Å²) in [6.07, 6.45) is 4.13. The van der Waals surface area contributed by atoms with Gasteiger partial charge in [0.15, 0.2) is 0 Å². The highest BCUT2D eigenvalue weighted by Gasteiger charge is 2.30. The van der Waals surface area contributed by atoms with Crippen molar-refractivity contribution in [1.82, 2.24) is 4.57 Å². The predicted molar refractivity (Wildman–Crippen MR) is 103 cm³/mol. The summed E-state index contributed by atoms with van der Waals surface area (Å²) in [5.74, 6) is 0.658. The third-order valence-corrected chi connectivity index (χ3v) is 4.92. The van der Waals surface area contributed by atoms with Crippen LogP contribution < -0.4 is 5.56 Å². The molecule has 4 rings (SSSR count). The summed E-state index contributed by atoms with van der Waals surface area (Å²) in [6, 6.07) is 25.5. The highest BCUT2D eigenvalue weighted by atomic mass is 16.5. The van der Waals surface area contributed by atoms with Gasteiger partial charge in [-0.05, 0) is 36.0 Å². The number of nitrogens with zero attached hydrogens (tertiary/aromatic N) is 1. The first-order chi connectivity index (χ1) is 12.8. The molecule has 1 saturated carbocycles. The lowest BCUT2D eigenvalue weighted by atomic mass is 9.95. The second kappa shape index (κ2) is 7.71. The Morgan fingerprint density at radius 1 is 0.846 bits per heavy atom.